The van der Waals surface area contributed by atoms with Gasteiger partial charge < -0.3 is 14.6 Å². The fraction of sp³-hybridized carbons (Fsp3) is 0.786. The number of aromatic nitrogens is 2. The molecule has 0 aromatic carbocycles. The maximum atomic E-state index is 5.79. The van der Waals surface area contributed by atoms with E-state index < -0.39 is 0 Å². The van der Waals surface area contributed by atoms with Gasteiger partial charge in [-0.1, -0.05) is 13.8 Å². The third-order valence-electron chi connectivity index (χ3n) is 3.94. The van der Waals surface area contributed by atoms with Gasteiger partial charge >= 0.3 is 0 Å². The Hall–Kier alpha value is -0.870. The second-order valence-electron chi connectivity index (χ2n) is 5.69. The van der Waals surface area contributed by atoms with Gasteiger partial charge in [-0.15, -0.1) is 0 Å². The number of rotatable bonds is 3. The molecule has 0 spiro atoms. The molecule has 1 saturated heterocycles. The molecule has 4 heteroatoms. The molecule has 0 aliphatic carbocycles. The molecule has 18 heavy (non-hydrogen) atoms. The van der Waals surface area contributed by atoms with Gasteiger partial charge in [0.15, 0.2) is 0 Å². The molecule has 100 valence electrons. The molecular formula is C14H23N3O. The summed E-state index contributed by atoms with van der Waals surface area (Å²) in [6.45, 7) is 8.38. The van der Waals surface area contributed by atoms with Gasteiger partial charge in [0.05, 0.1) is 18.3 Å². The van der Waals surface area contributed by atoms with Gasteiger partial charge in [0, 0.05) is 37.7 Å². The number of nitrogens with zero attached hydrogens (tertiary/aromatic N) is 2. The molecule has 1 atom stereocenters. The van der Waals surface area contributed by atoms with Crippen LogP contribution in [0.1, 0.15) is 49.8 Å². The predicted molar refractivity (Wildman–Crippen MR) is 70.7 cm³/mol. The van der Waals surface area contributed by atoms with Crippen LogP contribution in [0.25, 0.3) is 0 Å². The number of imidazole rings is 1. The van der Waals surface area contributed by atoms with E-state index in [0.717, 1.165) is 32.7 Å². The van der Waals surface area contributed by atoms with E-state index in [1.54, 1.807) is 0 Å². The van der Waals surface area contributed by atoms with Crippen LogP contribution in [-0.4, -0.2) is 28.8 Å². The number of fused-ring (bicyclic) bond motifs is 1. The van der Waals surface area contributed by atoms with Gasteiger partial charge in [0.25, 0.3) is 0 Å². The summed E-state index contributed by atoms with van der Waals surface area (Å²) in [5.74, 6) is 1.72. The minimum absolute atomic E-state index is 0.399. The second-order valence-corrected chi connectivity index (χ2v) is 5.69. The van der Waals surface area contributed by atoms with Crippen molar-refractivity contribution in [2.45, 2.75) is 58.2 Å². The SMILES string of the molecule is CC(C)c1nc2c(n1CC1CCCO1)CCNC2. The number of hydrogen-bond donors (Lipinski definition) is 1. The summed E-state index contributed by atoms with van der Waals surface area (Å²) in [6.07, 6.45) is 3.90. The van der Waals surface area contributed by atoms with Crippen LogP contribution in [0.4, 0.5) is 0 Å². The average Bonchev–Trinajstić information content (AvgIpc) is 2.98. The second kappa shape index (κ2) is 5.02. The highest BCUT2D eigenvalue weighted by Crippen LogP contribution is 2.24. The molecule has 0 amide bonds. The maximum absolute atomic E-state index is 5.79. The zero-order valence-electron chi connectivity index (χ0n) is 11.4. The van der Waals surface area contributed by atoms with Crippen molar-refractivity contribution >= 4 is 0 Å². The Morgan fingerprint density at radius 1 is 1.50 bits per heavy atom. The molecule has 3 rings (SSSR count). The summed E-state index contributed by atoms with van der Waals surface area (Å²) >= 11 is 0. The first-order valence-electron chi connectivity index (χ1n) is 7.16. The van der Waals surface area contributed by atoms with Crippen LogP contribution in [-0.2, 0) is 24.2 Å². The summed E-state index contributed by atoms with van der Waals surface area (Å²) in [4.78, 5) is 4.84. The summed E-state index contributed by atoms with van der Waals surface area (Å²) in [5.41, 5.74) is 2.69. The van der Waals surface area contributed by atoms with Crippen molar-refractivity contribution < 1.29 is 4.74 Å². The Bertz CT molecular complexity index is 419. The summed E-state index contributed by atoms with van der Waals surface area (Å²) < 4.78 is 8.23. The third-order valence-corrected chi connectivity index (χ3v) is 3.94. The molecule has 1 N–H and O–H groups in total. The molecule has 0 bridgehead atoms. The van der Waals surface area contributed by atoms with Crippen molar-refractivity contribution in [2.24, 2.45) is 0 Å². The molecule has 0 saturated carbocycles. The van der Waals surface area contributed by atoms with Gasteiger partial charge in [-0.25, -0.2) is 4.98 Å². The predicted octanol–water partition coefficient (Wildman–Crippen LogP) is 1.83. The molecule has 2 aliphatic heterocycles. The lowest BCUT2D eigenvalue weighted by atomic mass is 10.1. The van der Waals surface area contributed by atoms with E-state index >= 15 is 0 Å². The van der Waals surface area contributed by atoms with E-state index in [9.17, 15) is 0 Å². The number of hydrogen-bond acceptors (Lipinski definition) is 3. The standard InChI is InChI=1S/C14H23N3O/c1-10(2)14-16-12-8-15-6-5-13(12)17(14)9-11-4-3-7-18-11/h10-11,15H,3-9H2,1-2H3. The van der Waals surface area contributed by atoms with Gasteiger partial charge in [-0.3, -0.25) is 0 Å². The maximum Gasteiger partial charge on any atom is 0.111 e. The molecule has 4 nitrogen and oxygen atoms in total. The van der Waals surface area contributed by atoms with Crippen LogP contribution >= 0.6 is 0 Å². The fourth-order valence-corrected chi connectivity index (χ4v) is 3.03. The molecule has 1 fully saturated rings. The first-order valence-corrected chi connectivity index (χ1v) is 7.16. The molecule has 0 radical (unpaired) electrons. The molecule has 1 unspecified atom stereocenters. The van der Waals surface area contributed by atoms with Gasteiger partial charge in [-0.05, 0) is 12.8 Å². The monoisotopic (exact) mass is 249 g/mol. The van der Waals surface area contributed by atoms with Gasteiger partial charge in [0.2, 0.25) is 0 Å². The third kappa shape index (κ3) is 2.19. The van der Waals surface area contributed by atoms with E-state index in [-0.39, 0.29) is 0 Å². The Morgan fingerprint density at radius 2 is 2.39 bits per heavy atom. The van der Waals surface area contributed by atoms with Crippen molar-refractivity contribution in [3.63, 3.8) is 0 Å². The quantitative estimate of drug-likeness (QED) is 0.888. The van der Waals surface area contributed by atoms with Gasteiger partial charge in [-0.2, -0.15) is 0 Å². The van der Waals surface area contributed by atoms with Crippen molar-refractivity contribution in [2.75, 3.05) is 13.2 Å². The fourth-order valence-electron chi connectivity index (χ4n) is 3.03. The lowest BCUT2D eigenvalue weighted by Crippen LogP contribution is -2.26. The topological polar surface area (TPSA) is 39.1 Å². The largest absolute Gasteiger partial charge is 0.376 e. The van der Waals surface area contributed by atoms with E-state index in [0.29, 0.717) is 12.0 Å². The summed E-state index contributed by atoms with van der Waals surface area (Å²) in [5, 5.41) is 3.41. The Labute approximate surface area is 109 Å². The first kappa shape index (κ1) is 12.2. The lowest BCUT2D eigenvalue weighted by molar-refractivity contribution is 0.0953. The smallest absolute Gasteiger partial charge is 0.111 e. The number of nitrogens with one attached hydrogen (secondary N) is 1. The normalized spacial score (nSPS) is 23.6. The molecule has 1 aromatic rings. The minimum Gasteiger partial charge on any atom is -0.376 e. The summed E-state index contributed by atoms with van der Waals surface area (Å²) in [6, 6.07) is 0. The molecule has 1 aromatic heterocycles. The Kier molecular flexibility index (Phi) is 3.39. The van der Waals surface area contributed by atoms with E-state index in [1.807, 2.05) is 0 Å². The van der Waals surface area contributed by atoms with Crippen molar-refractivity contribution in [3.8, 4) is 0 Å². The highest BCUT2D eigenvalue weighted by molar-refractivity contribution is 5.22. The lowest BCUT2D eigenvalue weighted by Gasteiger charge is -2.19. The van der Waals surface area contributed by atoms with Crippen LogP contribution in [0.15, 0.2) is 0 Å². The Balaban J connectivity index is 1.91. The zero-order valence-corrected chi connectivity index (χ0v) is 11.4. The molecule has 3 heterocycles. The van der Waals surface area contributed by atoms with E-state index in [4.69, 9.17) is 9.72 Å². The van der Waals surface area contributed by atoms with Crippen molar-refractivity contribution in [1.29, 1.82) is 0 Å². The van der Waals surface area contributed by atoms with Crippen LogP contribution in [0.3, 0.4) is 0 Å². The molecular weight excluding hydrogens is 226 g/mol. The number of ether oxygens (including phenoxy) is 1. The van der Waals surface area contributed by atoms with Crippen LogP contribution in [0, 0.1) is 0 Å². The molecule has 2 aliphatic rings. The summed E-state index contributed by atoms with van der Waals surface area (Å²) in [7, 11) is 0. The van der Waals surface area contributed by atoms with E-state index in [2.05, 4.69) is 23.7 Å². The highest BCUT2D eigenvalue weighted by atomic mass is 16.5. The van der Waals surface area contributed by atoms with Crippen LogP contribution in [0.5, 0.6) is 0 Å². The minimum atomic E-state index is 0.399. The van der Waals surface area contributed by atoms with Crippen LogP contribution < -0.4 is 5.32 Å². The van der Waals surface area contributed by atoms with Gasteiger partial charge in [0.1, 0.15) is 5.82 Å². The highest BCUT2D eigenvalue weighted by Gasteiger charge is 2.24. The van der Waals surface area contributed by atoms with Crippen molar-refractivity contribution in [3.05, 3.63) is 17.2 Å². The average molecular weight is 249 g/mol. The van der Waals surface area contributed by atoms with Crippen LogP contribution in [0.2, 0.25) is 0 Å². The Morgan fingerprint density at radius 3 is 3.11 bits per heavy atom. The first-order chi connectivity index (χ1) is 8.75. The van der Waals surface area contributed by atoms with Crippen molar-refractivity contribution in [1.82, 2.24) is 14.9 Å². The van der Waals surface area contributed by atoms with E-state index in [1.165, 1.54) is 30.1 Å². The zero-order chi connectivity index (χ0) is 12.5.